The SMILES string of the molecule is Cc1ccc(NC(=O)[C@H]2[C@H]3C=C[C@@]4(O3)[C@H]2C(=O)N(C[C@@H]2COc3ccccc3O2)[C@@H]4C(=O)NC2CCCCC2)cc1. The number of nitrogens with one attached hydrogen (secondary N) is 2. The molecule has 41 heavy (non-hydrogen) atoms. The Balaban J connectivity index is 1.18. The van der Waals surface area contributed by atoms with Crippen molar-refractivity contribution in [1.29, 1.82) is 0 Å². The van der Waals surface area contributed by atoms with Crippen LogP contribution in [0.15, 0.2) is 60.7 Å². The van der Waals surface area contributed by atoms with Gasteiger partial charge in [-0.1, -0.05) is 61.2 Å². The Hall–Kier alpha value is -3.85. The largest absolute Gasteiger partial charge is 0.486 e. The standard InChI is InChI=1S/C32H35N3O6/c1-19-11-13-21(14-12-19)33-29(36)26-25-15-16-32(41-25)27(26)31(38)35(28(32)30(37)34-20-7-3-2-4-8-20)17-22-18-39-23-9-5-6-10-24(23)40-22/h5-6,9-16,20,22,25-28H,2-4,7-8,17-18H2,1H3,(H,33,36)(H,34,37)/t22-,25-,26+,27-,28-,32-/m1/s1. The number of fused-ring (bicyclic) bond motifs is 2. The molecule has 2 bridgehead atoms. The highest BCUT2D eigenvalue weighted by Crippen LogP contribution is 2.55. The Morgan fingerprint density at radius 3 is 2.54 bits per heavy atom. The minimum atomic E-state index is -1.22. The summed E-state index contributed by atoms with van der Waals surface area (Å²) >= 11 is 0. The van der Waals surface area contributed by atoms with E-state index >= 15 is 0 Å². The number of amides is 3. The molecule has 4 aliphatic heterocycles. The molecule has 214 valence electrons. The molecule has 6 atom stereocenters. The van der Waals surface area contributed by atoms with Crippen molar-refractivity contribution >= 4 is 23.4 Å². The molecule has 9 heteroatoms. The molecule has 4 heterocycles. The van der Waals surface area contributed by atoms with Gasteiger partial charge in [0.15, 0.2) is 17.6 Å². The van der Waals surface area contributed by atoms with E-state index in [1.807, 2.05) is 67.6 Å². The lowest BCUT2D eigenvalue weighted by atomic mass is 9.74. The number of benzene rings is 2. The molecular weight excluding hydrogens is 522 g/mol. The molecule has 0 unspecified atom stereocenters. The van der Waals surface area contributed by atoms with Crippen molar-refractivity contribution in [2.75, 3.05) is 18.5 Å². The van der Waals surface area contributed by atoms with Gasteiger partial charge in [0, 0.05) is 11.7 Å². The first-order valence-electron chi connectivity index (χ1n) is 14.7. The third-order valence-corrected chi connectivity index (χ3v) is 9.16. The van der Waals surface area contributed by atoms with Crippen LogP contribution in [0.5, 0.6) is 11.5 Å². The summed E-state index contributed by atoms with van der Waals surface area (Å²) in [5.41, 5.74) is 0.517. The van der Waals surface area contributed by atoms with Gasteiger partial charge in [-0.3, -0.25) is 14.4 Å². The van der Waals surface area contributed by atoms with Crippen molar-refractivity contribution in [2.45, 2.75) is 68.9 Å². The second-order valence-electron chi connectivity index (χ2n) is 11.9. The van der Waals surface area contributed by atoms with Crippen molar-refractivity contribution in [3.63, 3.8) is 0 Å². The van der Waals surface area contributed by atoms with E-state index in [0.29, 0.717) is 17.2 Å². The van der Waals surface area contributed by atoms with Crippen LogP contribution < -0.4 is 20.1 Å². The van der Waals surface area contributed by atoms with E-state index < -0.39 is 35.7 Å². The highest BCUT2D eigenvalue weighted by molar-refractivity contribution is 6.02. The van der Waals surface area contributed by atoms with Crippen molar-refractivity contribution in [2.24, 2.45) is 11.8 Å². The minimum absolute atomic E-state index is 0.0630. The Morgan fingerprint density at radius 1 is 1.00 bits per heavy atom. The second kappa shape index (κ2) is 10.2. The van der Waals surface area contributed by atoms with Gasteiger partial charge in [0.25, 0.3) is 0 Å². The lowest BCUT2D eigenvalue weighted by Gasteiger charge is -2.36. The van der Waals surface area contributed by atoms with Gasteiger partial charge < -0.3 is 29.7 Å². The van der Waals surface area contributed by atoms with Crippen molar-refractivity contribution in [3.8, 4) is 11.5 Å². The van der Waals surface area contributed by atoms with Gasteiger partial charge in [-0.15, -0.1) is 0 Å². The van der Waals surface area contributed by atoms with Crippen LogP contribution in [0.4, 0.5) is 5.69 Å². The summed E-state index contributed by atoms with van der Waals surface area (Å²) in [5.74, 6) is -1.12. The fourth-order valence-electron chi connectivity index (χ4n) is 7.23. The molecule has 0 radical (unpaired) electrons. The van der Waals surface area contributed by atoms with E-state index in [9.17, 15) is 14.4 Å². The van der Waals surface area contributed by atoms with Gasteiger partial charge in [-0.2, -0.15) is 0 Å². The van der Waals surface area contributed by atoms with E-state index in [0.717, 1.165) is 37.7 Å². The Bertz CT molecular complexity index is 1390. The number of para-hydroxylation sites is 2. The average molecular weight is 558 g/mol. The maximum atomic E-state index is 14.3. The van der Waals surface area contributed by atoms with Gasteiger partial charge in [0.1, 0.15) is 18.2 Å². The maximum Gasteiger partial charge on any atom is 0.246 e. The van der Waals surface area contributed by atoms with Crippen LogP contribution in [-0.2, 0) is 19.1 Å². The predicted molar refractivity (Wildman–Crippen MR) is 150 cm³/mol. The average Bonchev–Trinajstić information content (AvgIpc) is 3.62. The molecule has 3 fully saturated rings. The number of nitrogens with zero attached hydrogens (tertiary/aromatic N) is 1. The molecule has 7 rings (SSSR count). The van der Waals surface area contributed by atoms with Gasteiger partial charge in [-0.05, 0) is 44.0 Å². The molecule has 9 nitrogen and oxygen atoms in total. The normalized spacial score (nSPS) is 31.7. The van der Waals surface area contributed by atoms with Crippen LogP contribution in [0, 0.1) is 18.8 Å². The molecule has 2 saturated heterocycles. The van der Waals surface area contributed by atoms with Gasteiger partial charge >= 0.3 is 0 Å². The van der Waals surface area contributed by atoms with Crippen molar-refractivity contribution in [3.05, 3.63) is 66.2 Å². The molecule has 1 spiro atoms. The highest BCUT2D eigenvalue weighted by atomic mass is 16.6. The zero-order valence-electron chi connectivity index (χ0n) is 23.1. The molecule has 1 aliphatic carbocycles. The quantitative estimate of drug-likeness (QED) is 0.528. The van der Waals surface area contributed by atoms with Crippen LogP contribution >= 0.6 is 0 Å². The Morgan fingerprint density at radius 2 is 1.76 bits per heavy atom. The summed E-state index contributed by atoms with van der Waals surface area (Å²) in [6.45, 7) is 2.36. The number of anilines is 1. The van der Waals surface area contributed by atoms with E-state index in [-0.39, 0.29) is 36.9 Å². The van der Waals surface area contributed by atoms with E-state index in [1.54, 1.807) is 4.90 Å². The Kier molecular flexibility index (Phi) is 6.49. The summed E-state index contributed by atoms with van der Waals surface area (Å²) in [5, 5.41) is 6.20. The molecule has 2 aromatic carbocycles. The van der Waals surface area contributed by atoms with Crippen LogP contribution in [0.25, 0.3) is 0 Å². The zero-order chi connectivity index (χ0) is 28.1. The van der Waals surface area contributed by atoms with E-state index in [4.69, 9.17) is 14.2 Å². The van der Waals surface area contributed by atoms with E-state index in [2.05, 4.69) is 10.6 Å². The van der Waals surface area contributed by atoms with Gasteiger partial charge in [0.2, 0.25) is 17.7 Å². The summed E-state index contributed by atoms with van der Waals surface area (Å²) in [4.78, 5) is 43.5. The van der Waals surface area contributed by atoms with Crippen molar-refractivity contribution in [1.82, 2.24) is 10.2 Å². The molecule has 0 aromatic heterocycles. The summed E-state index contributed by atoms with van der Waals surface area (Å²) in [6.07, 6.45) is 7.76. The third-order valence-electron chi connectivity index (χ3n) is 9.16. The second-order valence-corrected chi connectivity index (χ2v) is 11.9. The summed E-state index contributed by atoms with van der Waals surface area (Å²) in [6, 6.07) is 14.1. The van der Waals surface area contributed by atoms with Crippen LogP contribution in [0.2, 0.25) is 0 Å². The van der Waals surface area contributed by atoms with Crippen LogP contribution in [0.3, 0.4) is 0 Å². The number of hydrogen-bond acceptors (Lipinski definition) is 6. The fraction of sp³-hybridized carbons (Fsp3) is 0.469. The molecular formula is C32H35N3O6. The minimum Gasteiger partial charge on any atom is -0.486 e. The number of carbonyl (C=O) groups is 3. The van der Waals surface area contributed by atoms with Crippen LogP contribution in [-0.4, -0.2) is 65.7 Å². The zero-order valence-corrected chi connectivity index (χ0v) is 23.1. The smallest absolute Gasteiger partial charge is 0.246 e. The van der Waals surface area contributed by atoms with Crippen molar-refractivity contribution < 1.29 is 28.6 Å². The van der Waals surface area contributed by atoms with Gasteiger partial charge in [-0.25, -0.2) is 0 Å². The summed E-state index contributed by atoms with van der Waals surface area (Å²) < 4.78 is 18.6. The lowest BCUT2D eigenvalue weighted by molar-refractivity contribution is -0.143. The number of hydrogen-bond donors (Lipinski definition) is 2. The monoisotopic (exact) mass is 557 g/mol. The van der Waals surface area contributed by atoms with Crippen LogP contribution in [0.1, 0.15) is 37.7 Å². The maximum absolute atomic E-state index is 14.3. The molecule has 3 amide bonds. The lowest BCUT2D eigenvalue weighted by Crippen LogP contribution is -2.58. The number of carbonyl (C=O) groups excluding carboxylic acids is 3. The third kappa shape index (κ3) is 4.47. The molecule has 1 saturated carbocycles. The number of ether oxygens (including phenoxy) is 3. The first kappa shape index (κ1) is 26.1. The van der Waals surface area contributed by atoms with E-state index in [1.165, 1.54) is 0 Å². The number of rotatable bonds is 6. The highest BCUT2D eigenvalue weighted by Gasteiger charge is 2.73. The first-order chi connectivity index (χ1) is 19.9. The molecule has 2 N–H and O–H groups in total. The van der Waals surface area contributed by atoms with Gasteiger partial charge in [0.05, 0.1) is 24.5 Å². The predicted octanol–water partition coefficient (Wildman–Crippen LogP) is 3.37. The summed E-state index contributed by atoms with van der Waals surface area (Å²) in [7, 11) is 0. The fourth-order valence-corrected chi connectivity index (χ4v) is 7.23. The Labute approximate surface area is 239 Å². The first-order valence-corrected chi connectivity index (χ1v) is 14.7. The number of aryl methyl sites for hydroxylation is 1. The topological polar surface area (TPSA) is 106 Å². The number of likely N-dealkylation sites (tertiary alicyclic amines) is 1. The molecule has 5 aliphatic rings. The molecule has 2 aromatic rings.